The van der Waals surface area contributed by atoms with Crippen molar-refractivity contribution >= 4 is 27.5 Å². The van der Waals surface area contributed by atoms with Crippen LogP contribution in [0.15, 0.2) is 12.1 Å². The largest absolute Gasteiger partial charge is 0.483 e. The van der Waals surface area contributed by atoms with E-state index < -0.39 is 15.3 Å². The fourth-order valence-corrected chi connectivity index (χ4v) is 6.48. The maximum Gasteiger partial charge on any atom is 0.260 e. The fraction of sp³-hybridized carbons (Fsp3) is 0.708. The minimum absolute atomic E-state index is 0.0929. The predicted octanol–water partition coefficient (Wildman–Crippen LogP) is 3.77. The van der Waals surface area contributed by atoms with Crippen molar-refractivity contribution in [2.24, 2.45) is 0 Å². The number of nitrogens with one attached hydrogen (secondary N) is 1. The number of carbonyl (C=O) groups is 1. The number of nitrogens with zero attached hydrogens (tertiary/aromatic N) is 1. The molecule has 1 saturated carbocycles. The standard InChI is InChI=1S/C24H35ClN2O5S/c1-15(2)33(29,30)26-20-5-4-12-27-21(20)13-31-18-8-6-17(7-9-18)24-16(3)19(25)10-11-22(24)32-14-23(27)28/h10-11,15,17-18,20-21,26H,4-9,12-14H2,1-3H3. The van der Waals surface area contributed by atoms with Gasteiger partial charge in [-0.1, -0.05) is 11.6 Å². The van der Waals surface area contributed by atoms with Crippen LogP contribution in [0.4, 0.5) is 0 Å². The van der Waals surface area contributed by atoms with Crippen LogP contribution in [-0.2, 0) is 19.6 Å². The van der Waals surface area contributed by atoms with Crippen molar-refractivity contribution in [1.29, 1.82) is 0 Å². The van der Waals surface area contributed by atoms with Crippen LogP contribution >= 0.6 is 11.6 Å². The zero-order chi connectivity index (χ0) is 23.8. The lowest BCUT2D eigenvalue weighted by Gasteiger charge is -2.42. The zero-order valence-corrected chi connectivity index (χ0v) is 21.3. The third-order valence-electron chi connectivity index (χ3n) is 7.38. The van der Waals surface area contributed by atoms with Gasteiger partial charge in [0.05, 0.1) is 24.0 Å². The highest BCUT2D eigenvalue weighted by Crippen LogP contribution is 2.42. The zero-order valence-electron chi connectivity index (χ0n) is 19.7. The SMILES string of the molecule is Cc1c(Cl)ccc2c1C1CCC(CC1)OCC1C(NS(=O)(=O)C(C)C)CCCN1C(=O)CO2. The van der Waals surface area contributed by atoms with Gasteiger partial charge in [-0.15, -0.1) is 0 Å². The molecule has 5 rings (SSSR count). The van der Waals surface area contributed by atoms with Gasteiger partial charge < -0.3 is 14.4 Å². The number of piperidine rings is 1. The molecule has 9 heteroatoms. The molecule has 1 aromatic carbocycles. The molecule has 2 bridgehead atoms. The van der Waals surface area contributed by atoms with Gasteiger partial charge in [0.2, 0.25) is 10.0 Å². The molecule has 2 atom stereocenters. The maximum absolute atomic E-state index is 13.3. The molecule has 4 aliphatic rings. The molecule has 2 unspecified atom stereocenters. The monoisotopic (exact) mass is 498 g/mol. The Kier molecular flexibility index (Phi) is 7.58. The van der Waals surface area contributed by atoms with E-state index >= 15 is 0 Å². The van der Waals surface area contributed by atoms with Crippen molar-refractivity contribution in [3.8, 4) is 5.75 Å². The van der Waals surface area contributed by atoms with Crippen LogP contribution in [0, 0.1) is 6.92 Å². The van der Waals surface area contributed by atoms with Crippen molar-refractivity contribution in [3.05, 3.63) is 28.3 Å². The summed E-state index contributed by atoms with van der Waals surface area (Å²) in [6.45, 7) is 6.13. The Morgan fingerprint density at radius 2 is 1.88 bits per heavy atom. The maximum atomic E-state index is 13.3. The third-order valence-corrected chi connectivity index (χ3v) is 9.66. The summed E-state index contributed by atoms with van der Waals surface area (Å²) >= 11 is 6.43. The lowest BCUT2D eigenvalue weighted by atomic mass is 9.80. The Hall–Kier alpha value is -1.35. The van der Waals surface area contributed by atoms with Crippen LogP contribution in [0.1, 0.15) is 69.4 Å². The number of halogens is 1. The first-order valence-electron chi connectivity index (χ1n) is 12.0. The summed E-state index contributed by atoms with van der Waals surface area (Å²) in [5.74, 6) is 0.893. The normalized spacial score (nSPS) is 28.9. The Bertz CT molecular complexity index is 975. The summed E-state index contributed by atoms with van der Waals surface area (Å²) in [6.07, 6.45) is 5.27. The van der Waals surface area contributed by atoms with E-state index in [9.17, 15) is 13.2 Å². The highest BCUT2D eigenvalue weighted by Gasteiger charge is 2.39. The third kappa shape index (κ3) is 5.34. The van der Waals surface area contributed by atoms with Gasteiger partial charge in [0.1, 0.15) is 5.75 Å². The number of hydrogen-bond acceptors (Lipinski definition) is 5. The number of ether oxygens (including phenoxy) is 2. The van der Waals surface area contributed by atoms with Crippen LogP contribution in [0.5, 0.6) is 5.75 Å². The van der Waals surface area contributed by atoms with E-state index in [4.69, 9.17) is 21.1 Å². The molecule has 0 aromatic heterocycles. The Labute approximate surface area is 202 Å². The van der Waals surface area contributed by atoms with E-state index in [1.54, 1.807) is 18.7 Å². The highest BCUT2D eigenvalue weighted by molar-refractivity contribution is 7.90. The lowest BCUT2D eigenvalue weighted by Crippen LogP contribution is -2.60. The van der Waals surface area contributed by atoms with Gasteiger partial charge in [-0.2, -0.15) is 0 Å². The number of amides is 1. The van der Waals surface area contributed by atoms with Crippen molar-refractivity contribution in [2.75, 3.05) is 19.8 Å². The van der Waals surface area contributed by atoms with Gasteiger partial charge >= 0.3 is 0 Å². The summed E-state index contributed by atoms with van der Waals surface area (Å²) in [5.41, 5.74) is 2.12. The average molecular weight is 499 g/mol. The minimum atomic E-state index is -3.47. The Morgan fingerprint density at radius 1 is 1.15 bits per heavy atom. The lowest BCUT2D eigenvalue weighted by molar-refractivity contribution is -0.140. The Morgan fingerprint density at radius 3 is 2.58 bits per heavy atom. The van der Waals surface area contributed by atoms with Crippen molar-refractivity contribution in [1.82, 2.24) is 9.62 Å². The highest BCUT2D eigenvalue weighted by atomic mass is 35.5. The first-order chi connectivity index (χ1) is 15.7. The van der Waals surface area contributed by atoms with E-state index in [-0.39, 0.29) is 30.7 Å². The van der Waals surface area contributed by atoms with E-state index in [2.05, 4.69) is 4.72 Å². The summed E-state index contributed by atoms with van der Waals surface area (Å²) in [6, 6.07) is 2.97. The van der Waals surface area contributed by atoms with Gasteiger partial charge in [0.15, 0.2) is 6.61 Å². The molecule has 1 aromatic rings. The number of sulfonamides is 1. The quantitative estimate of drug-likeness (QED) is 0.685. The van der Waals surface area contributed by atoms with Gasteiger partial charge in [-0.25, -0.2) is 13.1 Å². The smallest absolute Gasteiger partial charge is 0.260 e. The molecule has 0 radical (unpaired) electrons. The molecule has 3 aliphatic heterocycles. The topological polar surface area (TPSA) is 84.9 Å². The molecular weight excluding hydrogens is 464 g/mol. The predicted molar refractivity (Wildman–Crippen MR) is 128 cm³/mol. The summed E-state index contributed by atoms with van der Waals surface area (Å²) in [4.78, 5) is 15.0. The van der Waals surface area contributed by atoms with E-state index in [0.29, 0.717) is 30.5 Å². The number of hydrogen-bond donors (Lipinski definition) is 1. The molecule has 1 saturated heterocycles. The number of carbonyl (C=O) groups excluding carboxylic acids is 1. The van der Waals surface area contributed by atoms with E-state index in [0.717, 1.165) is 49.0 Å². The molecule has 184 valence electrons. The van der Waals surface area contributed by atoms with Gasteiger partial charge in [-0.05, 0) is 82.9 Å². The number of fused-ring (bicyclic) bond motifs is 5. The second kappa shape index (κ2) is 10.1. The summed E-state index contributed by atoms with van der Waals surface area (Å²) in [7, 11) is -3.47. The van der Waals surface area contributed by atoms with Crippen molar-refractivity contribution < 1.29 is 22.7 Å². The number of rotatable bonds is 3. The van der Waals surface area contributed by atoms with Crippen molar-refractivity contribution in [3.63, 3.8) is 0 Å². The molecular formula is C24H35ClN2O5S. The number of benzene rings is 1. The first kappa shape index (κ1) is 24.8. The molecule has 33 heavy (non-hydrogen) atoms. The molecule has 0 spiro atoms. The molecule has 1 aliphatic carbocycles. The van der Waals surface area contributed by atoms with Gasteiger partial charge in [0.25, 0.3) is 5.91 Å². The van der Waals surface area contributed by atoms with Gasteiger partial charge in [-0.3, -0.25) is 4.79 Å². The summed E-state index contributed by atoms with van der Waals surface area (Å²) in [5, 5.41) is 0.173. The molecule has 1 amide bonds. The average Bonchev–Trinajstić information content (AvgIpc) is 2.80. The molecule has 3 heterocycles. The summed E-state index contributed by atoms with van der Waals surface area (Å²) < 4.78 is 40.5. The van der Waals surface area contributed by atoms with Crippen LogP contribution < -0.4 is 9.46 Å². The minimum Gasteiger partial charge on any atom is -0.483 e. The van der Waals surface area contributed by atoms with Gasteiger partial charge in [0, 0.05) is 23.2 Å². The van der Waals surface area contributed by atoms with Crippen LogP contribution in [-0.4, -0.2) is 62.4 Å². The van der Waals surface area contributed by atoms with Crippen LogP contribution in [0.3, 0.4) is 0 Å². The Balaban J connectivity index is 1.63. The second-order valence-electron chi connectivity index (χ2n) is 9.79. The molecule has 2 fully saturated rings. The second-order valence-corrected chi connectivity index (χ2v) is 12.5. The molecule has 7 nitrogen and oxygen atoms in total. The fourth-order valence-electron chi connectivity index (χ4n) is 5.34. The van der Waals surface area contributed by atoms with E-state index in [1.807, 2.05) is 19.1 Å². The first-order valence-corrected chi connectivity index (χ1v) is 13.9. The van der Waals surface area contributed by atoms with E-state index in [1.165, 1.54) is 0 Å². The van der Waals surface area contributed by atoms with Crippen molar-refractivity contribution in [2.45, 2.75) is 88.7 Å². The molecule has 1 N–H and O–H groups in total. The van der Waals surface area contributed by atoms with Crippen LogP contribution in [0.2, 0.25) is 5.02 Å². The van der Waals surface area contributed by atoms with Crippen LogP contribution in [0.25, 0.3) is 0 Å².